The highest BCUT2D eigenvalue weighted by Gasteiger charge is 2.20. The number of hydrogen-bond acceptors (Lipinski definition) is 2. The normalized spacial score (nSPS) is 11.1. The first-order valence-corrected chi connectivity index (χ1v) is 8.00. The van der Waals surface area contributed by atoms with Gasteiger partial charge in [0.25, 0.3) is 0 Å². The molecule has 118 valence electrons. The van der Waals surface area contributed by atoms with Crippen LogP contribution in [-0.4, -0.2) is 17.6 Å². The third-order valence-electron chi connectivity index (χ3n) is 4.05. The van der Waals surface area contributed by atoms with Crippen LogP contribution in [0.25, 0.3) is 22.2 Å². The van der Waals surface area contributed by atoms with Gasteiger partial charge in [-0.15, -0.1) is 0 Å². The second-order valence-corrected chi connectivity index (χ2v) is 5.92. The summed E-state index contributed by atoms with van der Waals surface area (Å²) in [6, 6.07) is 16.2. The van der Waals surface area contributed by atoms with E-state index < -0.39 is 0 Å². The third-order valence-corrected chi connectivity index (χ3v) is 4.05. The van der Waals surface area contributed by atoms with Crippen LogP contribution in [0.15, 0.2) is 48.5 Å². The number of aromatic nitrogens is 1. The van der Waals surface area contributed by atoms with Crippen molar-refractivity contribution in [2.75, 3.05) is 6.61 Å². The lowest BCUT2D eigenvalue weighted by atomic mass is 9.99. The molecule has 0 bridgehead atoms. The number of hydrogen-bond donors (Lipinski definition) is 1. The highest BCUT2D eigenvalue weighted by atomic mass is 16.5. The lowest BCUT2D eigenvalue weighted by Gasteiger charge is -2.08. The number of esters is 1. The van der Waals surface area contributed by atoms with Gasteiger partial charge in [0.2, 0.25) is 0 Å². The zero-order chi connectivity index (χ0) is 16.4. The standard InChI is InChI=1S/C20H21NO2/c1-4-23-20(22)18-16-7-5-6-8-17(16)21-19(18)15-11-9-14(10-12-15)13(2)3/h5-13,21H,4H2,1-3H3. The van der Waals surface area contributed by atoms with E-state index in [4.69, 9.17) is 4.74 Å². The van der Waals surface area contributed by atoms with E-state index in [1.807, 2.05) is 31.2 Å². The number of benzene rings is 2. The summed E-state index contributed by atoms with van der Waals surface area (Å²) in [5.41, 5.74) is 4.65. The fourth-order valence-corrected chi connectivity index (χ4v) is 2.81. The van der Waals surface area contributed by atoms with E-state index in [1.165, 1.54) is 5.56 Å². The Morgan fingerprint density at radius 1 is 1.09 bits per heavy atom. The van der Waals surface area contributed by atoms with Crippen LogP contribution in [0.1, 0.15) is 42.6 Å². The topological polar surface area (TPSA) is 42.1 Å². The summed E-state index contributed by atoms with van der Waals surface area (Å²) in [4.78, 5) is 15.8. The number of carbonyl (C=O) groups excluding carboxylic acids is 1. The maximum atomic E-state index is 12.4. The smallest absolute Gasteiger partial charge is 0.340 e. The zero-order valence-corrected chi connectivity index (χ0v) is 13.7. The number of H-pyrrole nitrogens is 1. The Morgan fingerprint density at radius 2 is 1.78 bits per heavy atom. The predicted molar refractivity (Wildman–Crippen MR) is 93.8 cm³/mol. The molecule has 23 heavy (non-hydrogen) atoms. The highest BCUT2D eigenvalue weighted by molar-refractivity contribution is 6.10. The molecule has 0 atom stereocenters. The molecule has 0 aliphatic rings. The van der Waals surface area contributed by atoms with Crippen molar-refractivity contribution in [2.24, 2.45) is 0 Å². The van der Waals surface area contributed by atoms with Gasteiger partial charge >= 0.3 is 5.97 Å². The zero-order valence-electron chi connectivity index (χ0n) is 13.7. The number of carbonyl (C=O) groups is 1. The predicted octanol–water partition coefficient (Wildman–Crippen LogP) is 5.14. The molecule has 0 amide bonds. The van der Waals surface area contributed by atoms with Crippen LogP contribution in [-0.2, 0) is 4.74 Å². The number of ether oxygens (including phenoxy) is 1. The van der Waals surface area contributed by atoms with Gasteiger partial charge < -0.3 is 9.72 Å². The Hall–Kier alpha value is -2.55. The van der Waals surface area contributed by atoms with Crippen molar-refractivity contribution in [3.8, 4) is 11.3 Å². The third kappa shape index (κ3) is 2.87. The number of rotatable bonds is 4. The first-order valence-electron chi connectivity index (χ1n) is 8.00. The molecule has 1 N–H and O–H groups in total. The monoisotopic (exact) mass is 307 g/mol. The van der Waals surface area contributed by atoms with E-state index >= 15 is 0 Å². The van der Waals surface area contributed by atoms with Crippen molar-refractivity contribution >= 4 is 16.9 Å². The maximum absolute atomic E-state index is 12.4. The Morgan fingerprint density at radius 3 is 2.43 bits per heavy atom. The molecule has 3 heteroatoms. The molecular formula is C20H21NO2. The quantitative estimate of drug-likeness (QED) is 0.678. The molecule has 0 aliphatic heterocycles. The number of para-hydroxylation sites is 1. The van der Waals surface area contributed by atoms with Crippen molar-refractivity contribution in [1.82, 2.24) is 4.98 Å². The van der Waals surface area contributed by atoms with Gasteiger partial charge in [-0.3, -0.25) is 0 Å². The summed E-state index contributed by atoms with van der Waals surface area (Å²) in [5, 5.41) is 0.897. The van der Waals surface area contributed by atoms with Crippen LogP contribution in [0.4, 0.5) is 0 Å². The minimum atomic E-state index is -0.284. The molecule has 0 saturated carbocycles. The molecule has 0 unspecified atom stereocenters. The van der Waals surface area contributed by atoms with Gasteiger partial charge in [-0.2, -0.15) is 0 Å². The van der Waals surface area contributed by atoms with E-state index in [1.54, 1.807) is 0 Å². The molecular weight excluding hydrogens is 286 g/mol. The van der Waals surface area contributed by atoms with Gasteiger partial charge in [0.15, 0.2) is 0 Å². The van der Waals surface area contributed by atoms with Crippen LogP contribution in [0.3, 0.4) is 0 Å². The Bertz CT molecular complexity index is 828. The second kappa shape index (κ2) is 6.29. The fraction of sp³-hybridized carbons (Fsp3) is 0.250. The van der Waals surface area contributed by atoms with Gasteiger partial charge in [0.05, 0.1) is 17.9 Å². The molecule has 3 nitrogen and oxygen atoms in total. The molecule has 3 aromatic rings. The number of fused-ring (bicyclic) bond motifs is 1. The van der Waals surface area contributed by atoms with Gasteiger partial charge in [-0.05, 0) is 30.0 Å². The highest BCUT2D eigenvalue weighted by Crippen LogP contribution is 2.31. The lowest BCUT2D eigenvalue weighted by molar-refractivity contribution is 0.0529. The Kier molecular flexibility index (Phi) is 4.20. The van der Waals surface area contributed by atoms with Gasteiger partial charge in [-0.1, -0.05) is 56.3 Å². The molecule has 0 aliphatic carbocycles. The van der Waals surface area contributed by atoms with Crippen LogP contribution in [0, 0.1) is 0 Å². The summed E-state index contributed by atoms with van der Waals surface area (Å²) >= 11 is 0. The van der Waals surface area contributed by atoms with Gasteiger partial charge in [0, 0.05) is 10.9 Å². The summed E-state index contributed by atoms with van der Waals surface area (Å²) in [7, 11) is 0. The number of aromatic amines is 1. The molecule has 1 aromatic heterocycles. The fourth-order valence-electron chi connectivity index (χ4n) is 2.81. The van der Waals surface area contributed by atoms with E-state index in [0.717, 1.165) is 22.2 Å². The molecule has 2 aromatic carbocycles. The van der Waals surface area contributed by atoms with Crippen molar-refractivity contribution in [1.29, 1.82) is 0 Å². The minimum absolute atomic E-state index is 0.284. The summed E-state index contributed by atoms with van der Waals surface area (Å²) in [5.74, 6) is 0.198. The largest absolute Gasteiger partial charge is 0.462 e. The van der Waals surface area contributed by atoms with E-state index in [0.29, 0.717) is 18.1 Å². The second-order valence-electron chi connectivity index (χ2n) is 5.92. The van der Waals surface area contributed by atoms with Crippen LogP contribution in [0.5, 0.6) is 0 Å². The Labute approximate surface area is 136 Å². The van der Waals surface area contributed by atoms with Crippen molar-refractivity contribution in [2.45, 2.75) is 26.7 Å². The van der Waals surface area contributed by atoms with Crippen LogP contribution in [0.2, 0.25) is 0 Å². The molecule has 0 spiro atoms. The SMILES string of the molecule is CCOC(=O)c1c(-c2ccc(C(C)C)cc2)[nH]c2ccccc12. The average molecular weight is 307 g/mol. The van der Waals surface area contributed by atoms with Crippen LogP contribution < -0.4 is 0 Å². The maximum Gasteiger partial charge on any atom is 0.340 e. The van der Waals surface area contributed by atoms with Crippen molar-refractivity contribution in [3.05, 3.63) is 59.7 Å². The molecule has 0 radical (unpaired) electrons. The summed E-state index contributed by atoms with van der Waals surface area (Å²) < 4.78 is 5.26. The van der Waals surface area contributed by atoms with E-state index in [2.05, 4.69) is 43.1 Å². The lowest BCUT2D eigenvalue weighted by Crippen LogP contribution is -2.05. The van der Waals surface area contributed by atoms with Crippen molar-refractivity contribution in [3.63, 3.8) is 0 Å². The van der Waals surface area contributed by atoms with Crippen LogP contribution >= 0.6 is 0 Å². The first-order chi connectivity index (χ1) is 11.1. The Balaban J connectivity index is 2.16. The van der Waals surface area contributed by atoms with E-state index in [-0.39, 0.29) is 5.97 Å². The van der Waals surface area contributed by atoms with Crippen molar-refractivity contribution < 1.29 is 9.53 Å². The summed E-state index contributed by atoms with van der Waals surface area (Å²) in [6.45, 7) is 6.53. The molecule has 1 heterocycles. The molecule has 0 fully saturated rings. The first kappa shape index (κ1) is 15.3. The average Bonchev–Trinajstić information content (AvgIpc) is 2.94. The molecule has 3 rings (SSSR count). The summed E-state index contributed by atoms with van der Waals surface area (Å²) in [6.07, 6.45) is 0. The number of nitrogens with one attached hydrogen (secondary N) is 1. The van der Waals surface area contributed by atoms with Gasteiger partial charge in [0.1, 0.15) is 0 Å². The van der Waals surface area contributed by atoms with Gasteiger partial charge in [-0.25, -0.2) is 4.79 Å². The van der Waals surface area contributed by atoms with E-state index in [9.17, 15) is 4.79 Å². The minimum Gasteiger partial charge on any atom is -0.462 e. The molecule has 0 saturated heterocycles.